The largest absolute Gasteiger partial charge is 0.573 e. The summed E-state index contributed by atoms with van der Waals surface area (Å²) in [7, 11) is 0. The van der Waals surface area contributed by atoms with E-state index in [2.05, 4.69) is 26.9 Å². The third-order valence-corrected chi connectivity index (χ3v) is 6.38. The summed E-state index contributed by atoms with van der Waals surface area (Å²) in [5.74, 6) is -0.910. The lowest BCUT2D eigenvalue weighted by atomic mass is 9.94. The van der Waals surface area contributed by atoms with Crippen LogP contribution in [0.1, 0.15) is 47.3 Å². The minimum absolute atomic E-state index is 0.168. The third-order valence-electron chi connectivity index (χ3n) is 6.38. The second-order valence-electron chi connectivity index (χ2n) is 8.68. The lowest BCUT2D eigenvalue weighted by Gasteiger charge is -2.31. The Hall–Kier alpha value is -3.39. The quantitative estimate of drug-likeness (QED) is 0.440. The number of pyridine rings is 1. The van der Waals surface area contributed by atoms with E-state index in [1.54, 1.807) is 19.2 Å². The summed E-state index contributed by atoms with van der Waals surface area (Å²) in [5.41, 5.74) is 3.02. The minimum atomic E-state index is -4.93. The Morgan fingerprint density at radius 3 is 2.57 bits per heavy atom. The number of carbonyl (C=O) groups excluding carboxylic acids is 1. The Morgan fingerprint density at radius 2 is 1.91 bits per heavy atom. The normalized spacial score (nSPS) is 16.7. The highest BCUT2D eigenvalue weighted by molar-refractivity contribution is 6.08. The van der Waals surface area contributed by atoms with E-state index in [9.17, 15) is 18.0 Å². The van der Waals surface area contributed by atoms with E-state index in [-0.39, 0.29) is 5.56 Å². The van der Waals surface area contributed by atoms with Crippen LogP contribution in [0.25, 0.3) is 11.1 Å². The molecule has 5 nitrogen and oxygen atoms in total. The lowest BCUT2D eigenvalue weighted by Crippen LogP contribution is -2.34. The summed E-state index contributed by atoms with van der Waals surface area (Å²) >= 11 is 0. The number of aromatic nitrogens is 1. The summed E-state index contributed by atoms with van der Waals surface area (Å²) in [4.78, 5) is 20.1. The van der Waals surface area contributed by atoms with Gasteiger partial charge in [0.25, 0.3) is 5.91 Å². The number of anilines is 1. The number of benzene rings is 2. The Labute approximate surface area is 202 Å². The van der Waals surface area contributed by atoms with Gasteiger partial charge in [-0.15, -0.1) is 13.2 Å². The first-order valence-electron chi connectivity index (χ1n) is 11.7. The van der Waals surface area contributed by atoms with Crippen molar-refractivity contribution in [2.24, 2.45) is 0 Å². The maximum atomic E-state index is 13.2. The molecule has 0 spiro atoms. The van der Waals surface area contributed by atoms with Crippen molar-refractivity contribution < 1.29 is 22.7 Å². The molecule has 35 heavy (non-hydrogen) atoms. The first-order chi connectivity index (χ1) is 16.7. The fraction of sp³-hybridized carbons (Fsp3) is 0.333. The number of piperidine rings is 1. The predicted octanol–water partition coefficient (Wildman–Crippen LogP) is 6.41. The number of likely N-dealkylation sites (tertiary alicyclic amines) is 1. The van der Waals surface area contributed by atoms with Crippen molar-refractivity contribution in [2.45, 2.75) is 39.0 Å². The average molecular weight is 484 g/mol. The molecule has 1 aliphatic rings. The van der Waals surface area contributed by atoms with Gasteiger partial charge >= 0.3 is 6.36 Å². The molecule has 1 unspecified atom stereocenters. The molecule has 0 aliphatic carbocycles. The molecule has 0 radical (unpaired) electrons. The first kappa shape index (κ1) is 24.7. The van der Waals surface area contributed by atoms with Gasteiger partial charge in [0.05, 0.1) is 17.4 Å². The summed E-state index contributed by atoms with van der Waals surface area (Å²) < 4.78 is 43.4. The number of ether oxygens (including phenoxy) is 1. The van der Waals surface area contributed by atoms with Gasteiger partial charge in [0.1, 0.15) is 5.75 Å². The number of halogens is 3. The lowest BCUT2D eigenvalue weighted by molar-refractivity contribution is -0.274. The van der Waals surface area contributed by atoms with E-state index in [1.165, 1.54) is 12.1 Å². The summed E-state index contributed by atoms with van der Waals surface area (Å²) in [6.45, 7) is 6.78. The maximum Gasteiger partial charge on any atom is 0.573 e. The van der Waals surface area contributed by atoms with E-state index in [0.717, 1.165) is 43.7 Å². The predicted molar refractivity (Wildman–Crippen MR) is 130 cm³/mol. The molecule has 1 aliphatic heterocycles. The number of amides is 1. The molecule has 1 N–H and O–H groups in total. The zero-order chi connectivity index (χ0) is 25.0. The number of carbonyl (C=O) groups is 1. The van der Waals surface area contributed by atoms with Gasteiger partial charge in [-0.3, -0.25) is 9.78 Å². The molecule has 8 heteroatoms. The van der Waals surface area contributed by atoms with E-state index >= 15 is 0 Å². The zero-order valence-electron chi connectivity index (χ0n) is 19.7. The molecule has 2 aromatic carbocycles. The second kappa shape index (κ2) is 10.5. The maximum absolute atomic E-state index is 13.2. The van der Waals surface area contributed by atoms with E-state index < -0.39 is 18.0 Å². The molecule has 1 aromatic heterocycles. The van der Waals surface area contributed by atoms with E-state index in [1.807, 2.05) is 36.4 Å². The Bertz CT molecular complexity index is 1160. The number of rotatable bonds is 6. The van der Waals surface area contributed by atoms with Gasteiger partial charge in [-0.25, -0.2) is 0 Å². The van der Waals surface area contributed by atoms with Crippen LogP contribution >= 0.6 is 0 Å². The Kier molecular flexibility index (Phi) is 7.40. The van der Waals surface area contributed by atoms with Crippen LogP contribution in [-0.4, -0.2) is 41.8 Å². The van der Waals surface area contributed by atoms with Crippen LogP contribution in [0.3, 0.4) is 0 Å². The van der Waals surface area contributed by atoms with Gasteiger partial charge in [0.15, 0.2) is 0 Å². The fourth-order valence-corrected chi connectivity index (χ4v) is 4.61. The topological polar surface area (TPSA) is 54.5 Å². The standard InChI is InChI=1S/C27H28F3N3O2/c1-3-33-15-7-10-20(17-33)23-13-11-21(16-31-23)32-26(34)25-18(2)22(19-8-5-4-6-9-19)12-14-24(25)35-27(28,29)30/h4-6,8-9,11-14,16,20H,3,7,10,15,17H2,1-2H3,(H,32,34). The van der Waals surface area contributed by atoms with Crippen LogP contribution in [0.2, 0.25) is 0 Å². The number of hydrogen-bond donors (Lipinski definition) is 1. The van der Waals surface area contributed by atoms with Crippen molar-refractivity contribution >= 4 is 11.6 Å². The van der Waals surface area contributed by atoms with Gasteiger partial charge in [-0.05, 0) is 67.7 Å². The number of likely N-dealkylation sites (N-methyl/N-ethyl adjacent to an activating group) is 1. The molecule has 184 valence electrons. The Morgan fingerprint density at radius 1 is 1.14 bits per heavy atom. The van der Waals surface area contributed by atoms with Crippen molar-refractivity contribution in [1.82, 2.24) is 9.88 Å². The van der Waals surface area contributed by atoms with Crippen LogP contribution in [0.4, 0.5) is 18.9 Å². The minimum Gasteiger partial charge on any atom is -0.405 e. The highest BCUT2D eigenvalue weighted by Crippen LogP contribution is 2.35. The molecular formula is C27H28F3N3O2. The van der Waals surface area contributed by atoms with Crippen LogP contribution in [-0.2, 0) is 0 Å². The van der Waals surface area contributed by atoms with Gasteiger partial charge < -0.3 is 15.0 Å². The monoisotopic (exact) mass is 483 g/mol. The van der Waals surface area contributed by atoms with E-state index in [0.29, 0.717) is 22.7 Å². The smallest absolute Gasteiger partial charge is 0.405 e. The molecule has 2 heterocycles. The molecule has 4 rings (SSSR count). The number of hydrogen-bond acceptors (Lipinski definition) is 4. The van der Waals surface area contributed by atoms with Crippen molar-refractivity contribution in [3.05, 3.63) is 77.6 Å². The van der Waals surface area contributed by atoms with Crippen molar-refractivity contribution in [1.29, 1.82) is 0 Å². The highest BCUT2D eigenvalue weighted by atomic mass is 19.4. The fourth-order valence-electron chi connectivity index (χ4n) is 4.61. The van der Waals surface area contributed by atoms with Crippen molar-refractivity contribution in [2.75, 3.05) is 25.0 Å². The molecule has 0 bridgehead atoms. The van der Waals surface area contributed by atoms with Crippen molar-refractivity contribution in [3.63, 3.8) is 0 Å². The second-order valence-corrected chi connectivity index (χ2v) is 8.68. The number of alkyl halides is 3. The number of nitrogens with one attached hydrogen (secondary N) is 1. The van der Waals surface area contributed by atoms with Crippen LogP contribution < -0.4 is 10.1 Å². The van der Waals surface area contributed by atoms with Gasteiger partial charge in [-0.2, -0.15) is 0 Å². The van der Waals surface area contributed by atoms with E-state index in [4.69, 9.17) is 0 Å². The summed E-state index contributed by atoms with van der Waals surface area (Å²) in [5, 5.41) is 2.69. The average Bonchev–Trinajstić information content (AvgIpc) is 2.84. The highest BCUT2D eigenvalue weighted by Gasteiger charge is 2.34. The SMILES string of the molecule is CCN1CCCC(c2ccc(NC(=O)c3c(OC(F)(F)F)ccc(-c4ccccc4)c3C)cn2)C1. The Balaban J connectivity index is 1.60. The molecular weight excluding hydrogens is 455 g/mol. The third kappa shape index (κ3) is 6.00. The van der Waals surface area contributed by atoms with Gasteiger partial charge in [-0.1, -0.05) is 43.3 Å². The molecule has 1 fully saturated rings. The molecule has 1 amide bonds. The molecule has 0 saturated carbocycles. The molecule has 3 aromatic rings. The summed E-state index contributed by atoms with van der Waals surface area (Å²) in [6, 6.07) is 15.5. The van der Waals surface area contributed by atoms with Crippen LogP contribution in [0.15, 0.2) is 60.8 Å². The number of nitrogens with zero attached hydrogens (tertiary/aromatic N) is 2. The molecule has 1 atom stereocenters. The van der Waals surface area contributed by atoms with Gasteiger partial charge in [0.2, 0.25) is 0 Å². The summed E-state index contributed by atoms with van der Waals surface area (Å²) in [6.07, 6.45) is -1.21. The van der Waals surface area contributed by atoms with Crippen LogP contribution in [0, 0.1) is 6.92 Å². The first-order valence-corrected chi connectivity index (χ1v) is 11.7. The van der Waals surface area contributed by atoms with Crippen molar-refractivity contribution in [3.8, 4) is 16.9 Å². The van der Waals surface area contributed by atoms with Gasteiger partial charge in [0, 0.05) is 18.2 Å². The van der Waals surface area contributed by atoms with Crippen LogP contribution in [0.5, 0.6) is 5.75 Å². The molecule has 1 saturated heterocycles. The zero-order valence-corrected chi connectivity index (χ0v) is 19.7.